The quantitative estimate of drug-likeness (QED) is 0.801. The van der Waals surface area contributed by atoms with E-state index in [-0.39, 0.29) is 5.92 Å². The number of amides is 1. The number of nitrogens with zero attached hydrogens (tertiary/aromatic N) is 3. The number of carbonyl (C=O) groups is 1. The predicted octanol–water partition coefficient (Wildman–Crippen LogP) is 3.53. The molecule has 1 aromatic rings. The first-order chi connectivity index (χ1) is 10.7. The molecule has 2 heterocycles. The van der Waals surface area contributed by atoms with Crippen LogP contribution in [-0.2, 0) is 4.79 Å². The summed E-state index contributed by atoms with van der Waals surface area (Å²) in [4.78, 5) is 19.4. The third kappa shape index (κ3) is 3.11. The van der Waals surface area contributed by atoms with E-state index in [1.54, 1.807) is 0 Å². The van der Waals surface area contributed by atoms with Crippen LogP contribution in [0.1, 0.15) is 63.7 Å². The van der Waals surface area contributed by atoms with Gasteiger partial charge in [-0.25, -0.2) is 4.98 Å². The van der Waals surface area contributed by atoms with Crippen molar-refractivity contribution in [1.29, 1.82) is 0 Å². The molecule has 4 heteroatoms. The average Bonchev–Trinajstić information content (AvgIpc) is 3.05. The molecule has 1 saturated heterocycles. The van der Waals surface area contributed by atoms with Crippen LogP contribution in [0.4, 0.5) is 0 Å². The maximum atomic E-state index is 12.8. The second-order valence-electron chi connectivity index (χ2n) is 6.91. The number of piperidine rings is 1. The summed E-state index contributed by atoms with van der Waals surface area (Å²) < 4.78 is 2.30. The third-order valence-corrected chi connectivity index (χ3v) is 4.93. The second-order valence-corrected chi connectivity index (χ2v) is 6.91. The molecule has 1 aliphatic heterocycles. The summed E-state index contributed by atoms with van der Waals surface area (Å²) in [7, 11) is 0. The van der Waals surface area contributed by atoms with Gasteiger partial charge in [-0.05, 0) is 32.1 Å². The van der Waals surface area contributed by atoms with Crippen LogP contribution >= 0.6 is 0 Å². The minimum Gasteiger partial charge on any atom is -0.340 e. The fourth-order valence-corrected chi connectivity index (χ4v) is 3.74. The maximum absolute atomic E-state index is 12.8. The summed E-state index contributed by atoms with van der Waals surface area (Å²) >= 11 is 0. The topological polar surface area (TPSA) is 38.1 Å². The molecule has 0 spiro atoms. The first kappa shape index (κ1) is 15.3. The van der Waals surface area contributed by atoms with Gasteiger partial charge in [0.1, 0.15) is 5.82 Å². The molecule has 1 aliphatic carbocycles. The van der Waals surface area contributed by atoms with Gasteiger partial charge in [-0.3, -0.25) is 4.79 Å². The summed E-state index contributed by atoms with van der Waals surface area (Å²) in [5.41, 5.74) is 0. The Hall–Kier alpha value is -1.58. The van der Waals surface area contributed by atoms with Crippen molar-refractivity contribution in [2.24, 2.45) is 5.92 Å². The number of hydrogen-bond donors (Lipinski definition) is 0. The van der Waals surface area contributed by atoms with Crippen molar-refractivity contribution in [3.63, 3.8) is 0 Å². The standard InChI is InChI=1S/C18H27N3O/c1-14(2)17-19-10-12-21(17)16-9-6-11-20(13-16)18(22)15-7-4-3-5-8-15/h3-4,10,12,14-16H,5-9,11,13H2,1-2H3/t15-,16+/m0/s1. The van der Waals surface area contributed by atoms with E-state index < -0.39 is 0 Å². The number of likely N-dealkylation sites (tertiary alicyclic amines) is 1. The Balaban J connectivity index is 1.70. The molecule has 1 fully saturated rings. The van der Waals surface area contributed by atoms with E-state index in [9.17, 15) is 4.79 Å². The molecule has 4 nitrogen and oxygen atoms in total. The van der Waals surface area contributed by atoms with Crippen molar-refractivity contribution in [3.8, 4) is 0 Å². The lowest BCUT2D eigenvalue weighted by molar-refractivity contribution is -0.137. The maximum Gasteiger partial charge on any atom is 0.226 e. The summed E-state index contributed by atoms with van der Waals surface area (Å²) in [6, 6.07) is 0.386. The molecule has 0 radical (unpaired) electrons. The number of carbonyl (C=O) groups excluding carboxylic acids is 1. The smallest absolute Gasteiger partial charge is 0.226 e. The van der Waals surface area contributed by atoms with Gasteiger partial charge in [0, 0.05) is 37.3 Å². The first-order valence-electron chi connectivity index (χ1n) is 8.63. The van der Waals surface area contributed by atoms with Crippen molar-refractivity contribution in [1.82, 2.24) is 14.5 Å². The van der Waals surface area contributed by atoms with E-state index in [1.165, 1.54) is 0 Å². The molecule has 120 valence electrons. The van der Waals surface area contributed by atoms with Crippen LogP contribution in [0.3, 0.4) is 0 Å². The SMILES string of the molecule is CC(C)c1nccn1[C@@H]1CCCN(C(=O)[C@H]2CC=CCC2)C1. The molecule has 0 aromatic carbocycles. The lowest BCUT2D eigenvalue weighted by Gasteiger charge is -2.36. The average molecular weight is 301 g/mol. The summed E-state index contributed by atoms with van der Waals surface area (Å²) in [6.07, 6.45) is 13.6. The Kier molecular flexibility index (Phi) is 4.65. The first-order valence-corrected chi connectivity index (χ1v) is 8.63. The van der Waals surface area contributed by atoms with Crippen molar-refractivity contribution >= 4 is 5.91 Å². The minimum atomic E-state index is 0.205. The highest BCUT2D eigenvalue weighted by molar-refractivity contribution is 5.79. The molecule has 2 atom stereocenters. The van der Waals surface area contributed by atoms with Crippen molar-refractivity contribution in [2.45, 2.75) is 57.9 Å². The number of hydrogen-bond acceptors (Lipinski definition) is 2. The predicted molar refractivity (Wildman–Crippen MR) is 87.6 cm³/mol. The number of rotatable bonds is 3. The number of imidazole rings is 1. The Labute approximate surface area is 133 Å². The molecular formula is C18H27N3O. The molecule has 3 rings (SSSR count). The van der Waals surface area contributed by atoms with Crippen molar-refractivity contribution in [2.75, 3.05) is 13.1 Å². The molecule has 0 unspecified atom stereocenters. The zero-order chi connectivity index (χ0) is 15.5. The molecule has 1 amide bonds. The Morgan fingerprint density at radius 1 is 1.32 bits per heavy atom. The molecule has 0 bridgehead atoms. The van der Waals surface area contributed by atoms with Gasteiger partial charge in [-0.15, -0.1) is 0 Å². The Morgan fingerprint density at radius 2 is 2.18 bits per heavy atom. The highest BCUT2D eigenvalue weighted by atomic mass is 16.2. The zero-order valence-electron chi connectivity index (χ0n) is 13.7. The molecule has 1 aromatic heterocycles. The fraction of sp³-hybridized carbons (Fsp3) is 0.667. The molecule has 0 N–H and O–H groups in total. The van der Waals surface area contributed by atoms with E-state index in [0.717, 1.165) is 51.0 Å². The number of allylic oxidation sites excluding steroid dienone is 2. The second kappa shape index (κ2) is 6.67. The monoisotopic (exact) mass is 301 g/mol. The normalized spacial score (nSPS) is 25.7. The zero-order valence-corrected chi connectivity index (χ0v) is 13.7. The number of aromatic nitrogens is 2. The molecule has 22 heavy (non-hydrogen) atoms. The lowest BCUT2D eigenvalue weighted by Crippen LogP contribution is -2.44. The highest BCUT2D eigenvalue weighted by Gasteiger charge is 2.30. The van der Waals surface area contributed by atoms with E-state index >= 15 is 0 Å². The van der Waals surface area contributed by atoms with Gasteiger partial charge in [-0.2, -0.15) is 0 Å². The summed E-state index contributed by atoms with van der Waals surface area (Å²) in [5, 5.41) is 0. The van der Waals surface area contributed by atoms with E-state index in [2.05, 4.69) is 46.6 Å². The van der Waals surface area contributed by atoms with Gasteiger partial charge in [0.15, 0.2) is 0 Å². The van der Waals surface area contributed by atoms with Gasteiger partial charge < -0.3 is 9.47 Å². The Bertz CT molecular complexity index is 546. The lowest BCUT2D eigenvalue weighted by atomic mass is 9.92. The van der Waals surface area contributed by atoms with E-state index in [0.29, 0.717) is 17.9 Å². The van der Waals surface area contributed by atoms with E-state index in [1.807, 2.05) is 6.20 Å². The van der Waals surface area contributed by atoms with Crippen LogP contribution in [0.5, 0.6) is 0 Å². The van der Waals surface area contributed by atoms with Gasteiger partial charge >= 0.3 is 0 Å². The van der Waals surface area contributed by atoms with Crippen LogP contribution in [0.25, 0.3) is 0 Å². The fourth-order valence-electron chi connectivity index (χ4n) is 3.74. The van der Waals surface area contributed by atoms with Crippen LogP contribution in [0, 0.1) is 5.92 Å². The molecule has 2 aliphatic rings. The molecule has 0 saturated carbocycles. The van der Waals surface area contributed by atoms with Gasteiger partial charge in [0.25, 0.3) is 0 Å². The third-order valence-electron chi connectivity index (χ3n) is 4.93. The van der Waals surface area contributed by atoms with Crippen LogP contribution in [0.15, 0.2) is 24.5 Å². The largest absolute Gasteiger partial charge is 0.340 e. The minimum absolute atomic E-state index is 0.205. The molecular weight excluding hydrogens is 274 g/mol. The summed E-state index contributed by atoms with van der Waals surface area (Å²) in [6.45, 7) is 6.12. The van der Waals surface area contributed by atoms with Gasteiger partial charge in [0.05, 0.1) is 6.04 Å². The highest BCUT2D eigenvalue weighted by Crippen LogP contribution is 2.28. The van der Waals surface area contributed by atoms with E-state index in [4.69, 9.17) is 0 Å². The van der Waals surface area contributed by atoms with Crippen LogP contribution in [0.2, 0.25) is 0 Å². The Morgan fingerprint density at radius 3 is 2.91 bits per heavy atom. The van der Waals surface area contributed by atoms with Crippen LogP contribution < -0.4 is 0 Å². The van der Waals surface area contributed by atoms with Gasteiger partial charge in [-0.1, -0.05) is 26.0 Å². The van der Waals surface area contributed by atoms with Gasteiger partial charge in [0.2, 0.25) is 5.91 Å². The summed E-state index contributed by atoms with van der Waals surface area (Å²) in [5.74, 6) is 2.13. The van der Waals surface area contributed by atoms with Crippen molar-refractivity contribution < 1.29 is 4.79 Å². The van der Waals surface area contributed by atoms with Crippen LogP contribution in [-0.4, -0.2) is 33.4 Å². The van der Waals surface area contributed by atoms with Crippen molar-refractivity contribution in [3.05, 3.63) is 30.4 Å².